The Morgan fingerprint density at radius 1 is 1.25 bits per heavy atom. The summed E-state index contributed by atoms with van der Waals surface area (Å²) in [5, 5.41) is 3.04. The lowest BCUT2D eigenvalue weighted by Crippen LogP contribution is -2.28. The molecule has 0 saturated heterocycles. The van der Waals surface area contributed by atoms with Gasteiger partial charge in [-0.15, -0.1) is 11.3 Å². The van der Waals surface area contributed by atoms with Gasteiger partial charge in [-0.1, -0.05) is 0 Å². The van der Waals surface area contributed by atoms with Crippen LogP contribution in [0, 0.1) is 0 Å². The Hall–Kier alpha value is -0.990. The molecule has 8 heteroatoms. The van der Waals surface area contributed by atoms with Crippen LogP contribution in [-0.4, -0.2) is 16.5 Å². The van der Waals surface area contributed by atoms with Crippen molar-refractivity contribution in [2.24, 2.45) is 0 Å². The number of alkyl halides is 3. The van der Waals surface area contributed by atoms with Crippen LogP contribution in [0.25, 0.3) is 10.7 Å². The van der Waals surface area contributed by atoms with Crippen LogP contribution in [0.3, 0.4) is 0 Å². The number of nitrogens with zero attached hydrogens (tertiary/aromatic N) is 2. The van der Waals surface area contributed by atoms with Crippen molar-refractivity contribution < 1.29 is 13.2 Å². The minimum Gasteiger partial charge on any atom is -0.311 e. The lowest BCUT2D eigenvalue weighted by molar-refractivity contribution is -0.142. The molecule has 0 radical (unpaired) electrons. The van der Waals surface area contributed by atoms with Gasteiger partial charge < -0.3 is 5.32 Å². The van der Waals surface area contributed by atoms with E-state index in [1.807, 2.05) is 0 Å². The fourth-order valence-electron chi connectivity index (χ4n) is 2.14. The number of thiophene rings is 1. The van der Waals surface area contributed by atoms with Gasteiger partial charge in [0.25, 0.3) is 0 Å². The molecule has 2 aromatic rings. The molecule has 2 aromatic heterocycles. The quantitative estimate of drug-likeness (QED) is 0.840. The highest BCUT2D eigenvalue weighted by Gasteiger charge is 2.38. The SMILES string of the molecule is FC(F)(F)c1nc(-c2ccc(Br)s2)nc2c1CCNC2. The fraction of sp³-hybridized carbons (Fsp3) is 0.333. The van der Waals surface area contributed by atoms with E-state index in [1.54, 1.807) is 12.1 Å². The number of nitrogens with one attached hydrogen (secondary N) is 1. The number of rotatable bonds is 1. The molecule has 1 aliphatic rings. The van der Waals surface area contributed by atoms with Crippen molar-refractivity contribution in [3.63, 3.8) is 0 Å². The highest BCUT2D eigenvalue weighted by atomic mass is 79.9. The van der Waals surface area contributed by atoms with E-state index in [4.69, 9.17) is 0 Å². The highest BCUT2D eigenvalue weighted by molar-refractivity contribution is 9.11. The van der Waals surface area contributed by atoms with Crippen LogP contribution < -0.4 is 5.32 Å². The summed E-state index contributed by atoms with van der Waals surface area (Å²) >= 11 is 4.61. The average Bonchev–Trinajstić information content (AvgIpc) is 2.83. The fourth-order valence-corrected chi connectivity index (χ4v) is 3.46. The second-order valence-electron chi connectivity index (χ2n) is 4.35. The Morgan fingerprint density at radius 3 is 2.70 bits per heavy atom. The summed E-state index contributed by atoms with van der Waals surface area (Å²) < 4.78 is 40.3. The van der Waals surface area contributed by atoms with Crippen LogP contribution in [-0.2, 0) is 19.1 Å². The summed E-state index contributed by atoms with van der Waals surface area (Å²) in [6.45, 7) is 0.865. The van der Waals surface area contributed by atoms with Gasteiger partial charge in [0.1, 0.15) is 0 Å². The summed E-state index contributed by atoms with van der Waals surface area (Å²) in [4.78, 5) is 8.67. The molecule has 0 bridgehead atoms. The Kier molecular flexibility index (Phi) is 3.55. The van der Waals surface area contributed by atoms with Crippen LogP contribution in [0.15, 0.2) is 15.9 Å². The summed E-state index contributed by atoms with van der Waals surface area (Å²) in [7, 11) is 0. The largest absolute Gasteiger partial charge is 0.433 e. The molecule has 106 valence electrons. The number of fused-ring (bicyclic) bond motifs is 1. The molecule has 1 aliphatic heterocycles. The van der Waals surface area contributed by atoms with E-state index in [0.29, 0.717) is 30.1 Å². The second-order valence-corrected chi connectivity index (χ2v) is 6.81. The minimum atomic E-state index is -4.45. The molecule has 0 aromatic carbocycles. The van der Waals surface area contributed by atoms with Crippen molar-refractivity contribution in [2.45, 2.75) is 19.1 Å². The Bertz CT molecular complexity index is 654. The standard InChI is InChI=1S/C12H9BrF3N3S/c13-9-2-1-8(20-9)11-18-7-5-17-4-3-6(7)10(19-11)12(14,15)16/h1-2,17H,3-5H2. The van der Waals surface area contributed by atoms with Gasteiger partial charge in [-0.3, -0.25) is 0 Å². The molecule has 3 nitrogen and oxygen atoms in total. The summed E-state index contributed by atoms with van der Waals surface area (Å²) in [5.41, 5.74) is -0.141. The third-order valence-corrected chi connectivity index (χ3v) is 4.62. The maximum Gasteiger partial charge on any atom is 0.433 e. The zero-order chi connectivity index (χ0) is 14.3. The van der Waals surface area contributed by atoms with Crippen LogP contribution in [0.5, 0.6) is 0 Å². The van der Waals surface area contributed by atoms with Crippen molar-refractivity contribution in [3.8, 4) is 10.7 Å². The van der Waals surface area contributed by atoms with Crippen molar-refractivity contribution in [1.29, 1.82) is 0 Å². The average molecular weight is 364 g/mol. The van der Waals surface area contributed by atoms with E-state index >= 15 is 0 Å². The number of aromatic nitrogens is 2. The van der Waals surface area contributed by atoms with E-state index in [2.05, 4.69) is 31.2 Å². The van der Waals surface area contributed by atoms with Crippen molar-refractivity contribution in [2.75, 3.05) is 6.54 Å². The van der Waals surface area contributed by atoms with E-state index in [1.165, 1.54) is 11.3 Å². The van der Waals surface area contributed by atoms with E-state index < -0.39 is 11.9 Å². The molecule has 0 saturated carbocycles. The molecule has 0 aliphatic carbocycles. The molecular formula is C12H9BrF3N3S. The van der Waals surface area contributed by atoms with Gasteiger partial charge in [-0.2, -0.15) is 13.2 Å². The molecule has 0 unspecified atom stereocenters. The van der Waals surface area contributed by atoms with Gasteiger partial charge >= 0.3 is 6.18 Å². The molecule has 0 spiro atoms. The van der Waals surface area contributed by atoms with Crippen molar-refractivity contribution in [1.82, 2.24) is 15.3 Å². The normalized spacial score (nSPS) is 15.2. The summed E-state index contributed by atoms with van der Waals surface area (Å²) in [5.74, 6) is 0.135. The van der Waals surface area contributed by atoms with Gasteiger partial charge in [0.05, 0.1) is 14.4 Å². The lowest BCUT2D eigenvalue weighted by Gasteiger charge is -2.20. The Balaban J connectivity index is 2.18. The monoisotopic (exact) mass is 363 g/mol. The van der Waals surface area contributed by atoms with Crippen molar-refractivity contribution in [3.05, 3.63) is 32.9 Å². The van der Waals surface area contributed by atoms with E-state index in [9.17, 15) is 13.2 Å². The van der Waals surface area contributed by atoms with Crippen LogP contribution in [0.1, 0.15) is 17.0 Å². The first-order valence-electron chi connectivity index (χ1n) is 5.88. The first-order valence-corrected chi connectivity index (χ1v) is 7.49. The molecule has 0 amide bonds. The zero-order valence-corrected chi connectivity index (χ0v) is 12.5. The summed E-state index contributed by atoms with van der Waals surface area (Å²) in [6.07, 6.45) is -4.15. The molecule has 3 rings (SSSR count). The molecule has 0 fully saturated rings. The first-order chi connectivity index (χ1) is 9.45. The maximum absolute atomic E-state index is 13.2. The molecule has 20 heavy (non-hydrogen) atoms. The van der Waals surface area contributed by atoms with Crippen LogP contribution >= 0.6 is 27.3 Å². The third kappa shape index (κ3) is 2.59. The highest BCUT2D eigenvalue weighted by Crippen LogP contribution is 2.36. The molecule has 3 heterocycles. The second kappa shape index (κ2) is 5.09. The lowest BCUT2D eigenvalue weighted by atomic mass is 10.0. The van der Waals surface area contributed by atoms with Gasteiger partial charge in [-0.25, -0.2) is 9.97 Å². The Morgan fingerprint density at radius 2 is 2.05 bits per heavy atom. The third-order valence-electron chi connectivity index (χ3n) is 3.00. The van der Waals surface area contributed by atoms with Gasteiger partial charge in [-0.05, 0) is 41.0 Å². The van der Waals surface area contributed by atoms with E-state index in [0.717, 1.165) is 3.79 Å². The van der Waals surface area contributed by atoms with Crippen molar-refractivity contribution >= 4 is 27.3 Å². The maximum atomic E-state index is 13.2. The first kappa shape index (κ1) is 14.0. The molecule has 1 N–H and O–H groups in total. The van der Waals surface area contributed by atoms with E-state index in [-0.39, 0.29) is 11.4 Å². The minimum absolute atomic E-state index is 0.135. The van der Waals surface area contributed by atoms with Gasteiger partial charge in [0, 0.05) is 12.1 Å². The van der Waals surface area contributed by atoms with Crippen LogP contribution in [0.4, 0.5) is 13.2 Å². The number of hydrogen-bond donors (Lipinski definition) is 1. The zero-order valence-electron chi connectivity index (χ0n) is 10.1. The number of halogens is 4. The predicted molar refractivity (Wildman–Crippen MR) is 73.5 cm³/mol. The van der Waals surface area contributed by atoms with Gasteiger partial charge in [0.2, 0.25) is 0 Å². The molecule has 0 atom stereocenters. The van der Waals surface area contributed by atoms with Gasteiger partial charge in [0.15, 0.2) is 11.5 Å². The predicted octanol–water partition coefficient (Wildman–Crippen LogP) is 3.63. The topological polar surface area (TPSA) is 37.8 Å². The van der Waals surface area contributed by atoms with Crippen LogP contribution in [0.2, 0.25) is 0 Å². The summed E-state index contributed by atoms with van der Waals surface area (Å²) in [6, 6.07) is 3.49. The molecular weight excluding hydrogens is 355 g/mol. The number of hydrogen-bond acceptors (Lipinski definition) is 4. The smallest absolute Gasteiger partial charge is 0.311 e. The Labute approximate surface area is 125 Å².